The molecule has 0 bridgehead atoms. The smallest absolute Gasteiger partial charge is 0.274 e. The highest BCUT2D eigenvalue weighted by Gasteiger charge is 2.33. The van der Waals surface area contributed by atoms with Gasteiger partial charge in [0.15, 0.2) is 9.84 Å². The van der Waals surface area contributed by atoms with Gasteiger partial charge < -0.3 is 4.90 Å². The van der Waals surface area contributed by atoms with Gasteiger partial charge in [0.25, 0.3) is 5.69 Å². The van der Waals surface area contributed by atoms with Crippen LogP contribution in [0.1, 0.15) is 6.92 Å². The minimum atomic E-state index is -3.35. The molecule has 116 valence electrons. The Labute approximate surface area is 126 Å². The van der Waals surface area contributed by atoms with Gasteiger partial charge in [0.2, 0.25) is 0 Å². The zero-order valence-electron chi connectivity index (χ0n) is 11.4. The van der Waals surface area contributed by atoms with Crippen molar-refractivity contribution in [2.45, 2.75) is 12.3 Å². The van der Waals surface area contributed by atoms with Gasteiger partial charge in [-0.1, -0.05) is 6.92 Å². The van der Waals surface area contributed by atoms with Gasteiger partial charge in [-0.3, -0.25) is 10.1 Å². The minimum absolute atomic E-state index is 0.0217. The number of thioether (sulfide) groups is 1. The number of nitro benzene ring substituents is 1. The largest absolute Gasteiger partial charge is 0.353 e. The average molecular weight is 334 g/mol. The lowest BCUT2D eigenvalue weighted by atomic mass is 10.2. The monoisotopic (exact) mass is 334 g/mol. The van der Waals surface area contributed by atoms with E-state index in [1.165, 1.54) is 17.8 Å². The van der Waals surface area contributed by atoms with E-state index in [-0.39, 0.29) is 17.1 Å². The van der Waals surface area contributed by atoms with Gasteiger partial charge in [-0.15, -0.1) is 0 Å². The van der Waals surface area contributed by atoms with E-state index >= 15 is 0 Å². The van der Waals surface area contributed by atoms with Gasteiger partial charge in [-0.2, -0.15) is 11.8 Å². The first kappa shape index (κ1) is 16.0. The standard InChI is InChI=1S/C12H15FN2O4S2/c1-2-21(18,19)12-8-20-4-3-14(12)10-5-9(13)6-11(7-10)15(16)17/h5-7,12H,2-4,8H2,1H3. The number of hydrogen-bond donors (Lipinski definition) is 0. The molecular weight excluding hydrogens is 319 g/mol. The summed E-state index contributed by atoms with van der Waals surface area (Å²) < 4.78 is 37.9. The van der Waals surface area contributed by atoms with Crippen molar-refractivity contribution < 1.29 is 17.7 Å². The highest BCUT2D eigenvalue weighted by atomic mass is 32.2. The van der Waals surface area contributed by atoms with Crippen LogP contribution in [0.4, 0.5) is 15.8 Å². The molecule has 1 aromatic carbocycles. The molecule has 6 nitrogen and oxygen atoms in total. The van der Waals surface area contributed by atoms with Crippen LogP contribution in [0.3, 0.4) is 0 Å². The molecular formula is C12H15FN2O4S2. The first-order valence-corrected chi connectivity index (χ1v) is 9.23. The SMILES string of the molecule is CCS(=O)(=O)C1CSCCN1c1cc(F)cc([N+](=O)[O-])c1. The fourth-order valence-electron chi connectivity index (χ4n) is 2.20. The maximum Gasteiger partial charge on any atom is 0.274 e. The van der Waals surface area contributed by atoms with E-state index in [1.54, 1.807) is 11.8 Å². The number of nitrogens with zero attached hydrogens (tertiary/aromatic N) is 2. The zero-order valence-corrected chi connectivity index (χ0v) is 13.0. The predicted octanol–water partition coefficient (Wildman–Crippen LogP) is 2.05. The molecule has 0 N–H and O–H groups in total. The number of nitro groups is 1. The Balaban J connectivity index is 2.45. The van der Waals surface area contributed by atoms with Gasteiger partial charge >= 0.3 is 0 Å². The molecule has 1 aliphatic heterocycles. The Morgan fingerprint density at radius 3 is 2.81 bits per heavy atom. The van der Waals surface area contributed by atoms with Crippen molar-refractivity contribution in [1.29, 1.82) is 0 Å². The number of non-ortho nitro benzene ring substituents is 1. The van der Waals surface area contributed by atoms with Crippen LogP contribution in [0.25, 0.3) is 0 Å². The van der Waals surface area contributed by atoms with Gasteiger partial charge in [0.1, 0.15) is 11.2 Å². The van der Waals surface area contributed by atoms with E-state index in [0.717, 1.165) is 12.1 Å². The number of sulfone groups is 1. The van der Waals surface area contributed by atoms with Crippen molar-refractivity contribution >= 4 is 33.0 Å². The molecule has 0 saturated carbocycles. The van der Waals surface area contributed by atoms with E-state index in [0.29, 0.717) is 18.1 Å². The summed E-state index contributed by atoms with van der Waals surface area (Å²) in [5.74, 6) is 0.303. The van der Waals surface area contributed by atoms with Gasteiger partial charge in [0, 0.05) is 35.6 Å². The Kier molecular flexibility index (Phi) is 4.72. The summed E-state index contributed by atoms with van der Waals surface area (Å²) >= 11 is 1.51. The van der Waals surface area contributed by atoms with E-state index < -0.39 is 26.0 Å². The first-order chi connectivity index (χ1) is 9.85. The molecule has 1 fully saturated rings. The summed E-state index contributed by atoms with van der Waals surface area (Å²) in [6, 6.07) is 3.18. The third kappa shape index (κ3) is 3.46. The van der Waals surface area contributed by atoms with Crippen molar-refractivity contribution in [3.63, 3.8) is 0 Å². The van der Waals surface area contributed by atoms with E-state index in [9.17, 15) is 22.9 Å². The Morgan fingerprint density at radius 2 is 2.19 bits per heavy atom. The van der Waals surface area contributed by atoms with Crippen LogP contribution in [-0.2, 0) is 9.84 Å². The average Bonchev–Trinajstić information content (AvgIpc) is 2.46. The Bertz CT molecular complexity index is 651. The molecule has 1 saturated heterocycles. The maximum absolute atomic E-state index is 13.6. The first-order valence-electron chi connectivity index (χ1n) is 6.36. The van der Waals surface area contributed by atoms with E-state index in [1.807, 2.05) is 0 Å². The van der Waals surface area contributed by atoms with E-state index in [4.69, 9.17) is 0 Å². The molecule has 0 spiro atoms. The molecule has 1 heterocycles. The van der Waals surface area contributed by atoms with Crippen LogP contribution < -0.4 is 4.90 Å². The number of anilines is 1. The van der Waals surface area contributed by atoms with E-state index in [2.05, 4.69) is 0 Å². The van der Waals surface area contributed by atoms with Crippen LogP contribution in [0, 0.1) is 15.9 Å². The highest BCUT2D eigenvalue weighted by Crippen LogP contribution is 2.30. The van der Waals surface area contributed by atoms with Crippen molar-refractivity contribution in [3.05, 3.63) is 34.1 Å². The molecule has 0 radical (unpaired) electrons. The second-order valence-electron chi connectivity index (χ2n) is 4.60. The van der Waals surface area contributed by atoms with Crippen LogP contribution in [0.5, 0.6) is 0 Å². The summed E-state index contributed by atoms with van der Waals surface area (Å²) in [6.07, 6.45) is 0. The second kappa shape index (κ2) is 6.18. The fourth-order valence-corrected chi connectivity index (χ4v) is 5.19. The van der Waals surface area contributed by atoms with Crippen LogP contribution in [-0.4, -0.2) is 42.5 Å². The molecule has 9 heteroatoms. The molecule has 1 unspecified atom stereocenters. The van der Waals surface area contributed by atoms with Crippen molar-refractivity contribution in [2.75, 3.05) is 28.7 Å². The molecule has 0 aromatic heterocycles. The third-order valence-corrected chi connectivity index (χ3v) is 6.60. The van der Waals surface area contributed by atoms with Crippen LogP contribution >= 0.6 is 11.8 Å². The highest BCUT2D eigenvalue weighted by molar-refractivity contribution is 8.01. The lowest BCUT2D eigenvalue weighted by molar-refractivity contribution is -0.385. The lowest BCUT2D eigenvalue weighted by Gasteiger charge is -2.36. The van der Waals surface area contributed by atoms with Gasteiger partial charge in [-0.25, -0.2) is 12.8 Å². The fraction of sp³-hybridized carbons (Fsp3) is 0.500. The quantitative estimate of drug-likeness (QED) is 0.619. The molecule has 0 aliphatic carbocycles. The molecule has 21 heavy (non-hydrogen) atoms. The minimum Gasteiger partial charge on any atom is -0.353 e. The summed E-state index contributed by atoms with van der Waals surface area (Å²) in [5.41, 5.74) is -0.139. The van der Waals surface area contributed by atoms with Gasteiger partial charge in [-0.05, 0) is 6.07 Å². The van der Waals surface area contributed by atoms with Crippen molar-refractivity contribution in [3.8, 4) is 0 Å². The van der Waals surface area contributed by atoms with Crippen LogP contribution in [0.15, 0.2) is 18.2 Å². The molecule has 1 aromatic rings. The Morgan fingerprint density at radius 1 is 1.48 bits per heavy atom. The maximum atomic E-state index is 13.6. The second-order valence-corrected chi connectivity index (χ2v) is 8.20. The van der Waals surface area contributed by atoms with Gasteiger partial charge in [0.05, 0.1) is 11.0 Å². The van der Waals surface area contributed by atoms with Crippen molar-refractivity contribution in [2.24, 2.45) is 0 Å². The number of rotatable bonds is 4. The molecule has 1 atom stereocenters. The topological polar surface area (TPSA) is 80.5 Å². The molecule has 0 amide bonds. The number of hydrogen-bond acceptors (Lipinski definition) is 6. The summed E-state index contributed by atoms with van der Waals surface area (Å²) in [7, 11) is -3.35. The summed E-state index contributed by atoms with van der Waals surface area (Å²) in [4.78, 5) is 11.7. The van der Waals surface area contributed by atoms with Crippen LogP contribution in [0.2, 0.25) is 0 Å². The summed E-state index contributed by atoms with van der Waals surface area (Å²) in [5, 5.41) is 10.0. The lowest BCUT2D eigenvalue weighted by Crippen LogP contribution is -2.48. The summed E-state index contributed by atoms with van der Waals surface area (Å²) in [6.45, 7) is 1.97. The molecule has 1 aliphatic rings. The number of halogens is 1. The Hall–Kier alpha value is -1.35. The normalized spacial score (nSPS) is 19.5. The molecule has 2 rings (SSSR count). The van der Waals surface area contributed by atoms with Crippen molar-refractivity contribution in [1.82, 2.24) is 0 Å². The zero-order chi connectivity index (χ0) is 15.6. The third-order valence-electron chi connectivity index (χ3n) is 3.31. The number of benzene rings is 1. The predicted molar refractivity (Wildman–Crippen MR) is 81.0 cm³/mol.